The molecule has 2 saturated heterocycles. The molecule has 1 aromatic rings. The van der Waals surface area contributed by atoms with E-state index in [-0.39, 0.29) is 17.5 Å². The molecule has 0 aliphatic carbocycles. The average molecular weight is 311 g/mol. The monoisotopic (exact) mass is 311 g/mol. The highest BCUT2D eigenvalue weighted by molar-refractivity contribution is 7.91. The van der Waals surface area contributed by atoms with Crippen molar-refractivity contribution in [2.45, 2.75) is 12.5 Å². The lowest BCUT2D eigenvalue weighted by molar-refractivity contribution is 0.311. The van der Waals surface area contributed by atoms with E-state index in [0.717, 1.165) is 26.2 Å². The highest BCUT2D eigenvalue weighted by atomic mass is 32.2. The van der Waals surface area contributed by atoms with Crippen LogP contribution in [0.3, 0.4) is 0 Å². The Hall–Kier alpha value is -1.41. The molecular formula is C13H21N5O2S. The molecule has 8 heteroatoms. The highest BCUT2D eigenvalue weighted by Gasteiger charge is 2.28. The van der Waals surface area contributed by atoms with Crippen LogP contribution >= 0.6 is 0 Å². The average Bonchev–Trinajstić information content (AvgIpc) is 2.79. The third kappa shape index (κ3) is 3.62. The molecule has 0 radical (unpaired) electrons. The summed E-state index contributed by atoms with van der Waals surface area (Å²) >= 11 is 0. The standard InChI is InChI=1S/C13H21N5O2S/c1-17-5-7-18(8-6-17)13-14-4-2-12(16-13)15-11-3-9-21(19,20)10-11/h2,4,11H,3,5-10H2,1H3,(H,14,15,16). The van der Waals surface area contributed by atoms with E-state index in [4.69, 9.17) is 0 Å². The van der Waals surface area contributed by atoms with Crippen LogP contribution in [0.5, 0.6) is 0 Å². The van der Waals surface area contributed by atoms with E-state index in [9.17, 15) is 8.42 Å². The lowest BCUT2D eigenvalue weighted by atomic mass is 10.2. The van der Waals surface area contributed by atoms with Gasteiger partial charge in [-0.25, -0.2) is 13.4 Å². The van der Waals surface area contributed by atoms with Crippen LogP contribution in [0.1, 0.15) is 6.42 Å². The largest absolute Gasteiger partial charge is 0.366 e. The van der Waals surface area contributed by atoms with Gasteiger partial charge in [0.1, 0.15) is 5.82 Å². The normalized spacial score (nSPS) is 26.0. The van der Waals surface area contributed by atoms with Gasteiger partial charge >= 0.3 is 0 Å². The van der Waals surface area contributed by atoms with E-state index in [2.05, 4.69) is 32.1 Å². The number of piperazine rings is 1. The van der Waals surface area contributed by atoms with Crippen molar-refractivity contribution in [3.05, 3.63) is 12.3 Å². The molecule has 0 saturated carbocycles. The molecule has 0 aromatic carbocycles. The first-order valence-electron chi connectivity index (χ1n) is 7.25. The zero-order valence-electron chi connectivity index (χ0n) is 12.2. The third-order valence-electron chi connectivity index (χ3n) is 4.01. The van der Waals surface area contributed by atoms with Crippen molar-refractivity contribution in [1.29, 1.82) is 0 Å². The smallest absolute Gasteiger partial charge is 0.227 e. The fourth-order valence-electron chi connectivity index (χ4n) is 2.71. The molecule has 1 unspecified atom stereocenters. The maximum Gasteiger partial charge on any atom is 0.227 e. The molecule has 2 aliphatic rings. The van der Waals surface area contributed by atoms with Crippen LogP contribution in [-0.4, -0.2) is 74.1 Å². The molecule has 3 heterocycles. The molecule has 1 N–H and O–H groups in total. The number of nitrogens with one attached hydrogen (secondary N) is 1. The molecule has 3 rings (SSSR count). The zero-order chi connectivity index (χ0) is 14.9. The van der Waals surface area contributed by atoms with Crippen molar-refractivity contribution in [2.75, 3.05) is 54.9 Å². The Labute approximate surface area is 125 Å². The lowest BCUT2D eigenvalue weighted by Gasteiger charge is -2.32. The second-order valence-corrected chi connectivity index (χ2v) is 8.01. The van der Waals surface area contributed by atoms with E-state index in [1.807, 2.05) is 0 Å². The van der Waals surface area contributed by atoms with Gasteiger partial charge in [0.2, 0.25) is 5.95 Å². The summed E-state index contributed by atoms with van der Waals surface area (Å²) < 4.78 is 23.0. The molecule has 2 aliphatic heterocycles. The molecular weight excluding hydrogens is 290 g/mol. The predicted octanol–water partition coefficient (Wildman–Crippen LogP) is -0.173. The second kappa shape index (κ2) is 5.76. The Bertz CT molecular complexity index is 598. The molecule has 0 spiro atoms. The SMILES string of the molecule is CN1CCN(c2nccc(NC3CCS(=O)(=O)C3)n2)CC1. The molecule has 0 amide bonds. The lowest BCUT2D eigenvalue weighted by Crippen LogP contribution is -2.45. The Kier molecular flexibility index (Phi) is 3.99. The van der Waals surface area contributed by atoms with Crippen LogP contribution in [0.2, 0.25) is 0 Å². The van der Waals surface area contributed by atoms with Gasteiger partial charge in [0.05, 0.1) is 11.5 Å². The molecule has 1 aromatic heterocycles. The highest BCUT2D eigenvalue weighted by Crippen LogP contribution is 2.18. The summed E-state index contributed by atoms with van der Waals surface area (Å²) in [5, 5.41) is 3.22. The Balaban J connectivity index is 1.66. The van der Waals surface area contributed by atoms with E-state index in [0.29, 0.717) is 18.2 Å². The summed E-state index contributed by atoms with van der Waals surface area (Å²) in [5.41, 5.74) is 0. The summed E-state index contributed by atoms with van der Waals surface area (Å²) in [7, 11) is -0.766. The van der Waals surface area contributed by atoms with Crippen molar-refractivity contribution < 1.29 is 8.42 Å². The van der Waals surface area contributed by atoms with Gasteiger partial charge < -0.3 is 15.1 Å². The minimum atomic E-state index is -2.87. The number of hydrogen-bond donors (Lipinski definition) is 1. The van der Waals surface area contributed by atoms with Crippen LogP contribution in [0, 0.1) is 0 Å². The fourth-order valence-corrected chi connectivity index (χ4v) is 4.38. The summed E-state index contributed by atoms with van der Waals surface area (Å²) in [6, 6.07) is 1.76. The number of nitrogens with zero attached hydrogens (tertiary/aromatic N) is 4. The van der Waals surface area contributed by atoms with E-state index < -0.39 is 9.84 Å². The summed E-state index contributed by atoms with van der Waals surface area (Å²) in [6.07, 6.45) is 2.38. The van der Waals surface area contributed by atoms with Gasteiger partial charge in [0.15, 0.2) is 9.84 Å². The summed E-state index contributed by atoms with van der Waals surface area (Å²) in [5.74, 6) is 1.89. The van der Waals surface area contributed by atoms with E-state index >= 15 is 0 Å². The number of aromatic nitrogens is 2. The number of rotatable bonds is 3. The van der Waals surface area contributed by atoms with Crippen molar-refractivity contribution in [2.24, 2.45) is 0 Å². The van der Waals surface area contributed by atoms with Gasteiger partial charge in [-0.05, 0) is 19.5 Å². The second-order valence-electron chi connectivity index (χ2n) is 5.78. The van der Waals surface area contributed by atoms with Crippen molar-refractivity contribution in [3.63, 3.8) is 0 Å². The van der Waals surface area contributed by atoms with Crippen LogP contribution in [-0.2, 0) is 9.84 Å². The van der Waals surface area contributed by atoms with Crippen LogP contribution < -0.4 is 10.2 Å². The van der Waals surface area contributed by atoms with Gasteiger partial charge in [-0.2, -0.15) is 4.98 Å². The van der Waals surface area contributed by atoms with Gasteiger partial charge in [-0.3, -0.25) is 0 Å². The van der Waals surface area contributed by atoms with Crippen molar-refractivity contribution in [1.82, 2.24) is 14.9 Å². The van der Waals surface area contributed by atoms with Crippen LogP contribution in [0.15, 0.2) is 12.3 Å². The maximum atomic E-state index is 11.5. The van der Waals surface area contributed by atoms with Crippen LogP contribution in [0.25, 0.3) is 0 Å². The Morgan fingerprint density at radius 3 is 2.71 bits per heavy atom. The van der Waals surface area contributed by atoms with Crippen molar-refractivity contribution >= 4 is 21.6 Å². The molecule has 2 fully saturated rings. The molecule has 7 nitrogen and oxygen atoms in total. The first-order valence-corrected chi connectivity index (χ1v) is 9.07. The number of likely N-dealkylation sites (N-methyl/N-ethyl adjacent to an activating group) is 1. The minimum Gasteiger partial charge on any atom is -0.366 e. The van der Waals surface area contributed by atoms with Gasteiger partial charge in [-0.15, -0.1) is 0 Å². The topological polar surface area (TPSA) is 78.4 Å². The summed E-state index contributed by atoms with van der Waals surface area (Å²) in [6.45, 7) is 3.83. The number of sulfone groups is 1. The number of hydrogen-bond acceptors (Lipinski definition) is 7. The first kappa shape index (κ1) is 14.5. The predicted molar refractivity (Wildman–Crippen MR) is 82.4 cm³/mol. The zero-order valence-corrected chi connectivity index (χ0v) is 13.0. The van der Waals surface area contributed by atoms with Gasteiger partial charge in [0.25, 0.3) is 0 Å². The number of anilines is 2. The molecule has 21 heavy (non-hydrogen) atoms. The van der Waals surface area contributed by atoms with Gasteiger partial charge in [-0.1, -0.05) is 0 Å². The van der Waals surface area contributed by atoms with E-state index in [1.54, 1.807) is 12.3 Å². The molecule has 116 valence electrons. The Morgan fingerprint density at radius 2 is 2.05 bits per heavy atom. The van der Waals surface area contributed by atoms with Crippen molar-refractivity contribution in [3.8, 4) is 0 Å². The first-order chi connectivity index (χ1) is 10.0. The molecule has 0 bridgehead atoms. The Morgan fingerprint density at radius 1 is 1.29 bits per heavy atom. The van der Waals surface area contributed by atoms with Crippen LogP contribution in [0.4, 0.5) is 11.8 Å². The minimum absolute atomic E-state index is 0.0368. The third-order valence-corrected chi connectivity index (χ3v) is 5.78. The fraction of sp³-hybridized carbons (Fsp3) is 0.692. The molecule has 1 atom stereocenters. The summed E-state index contributed by atoms with van der Waals surface area (Å²) in [4.78, 5) is 13.3. The van der Waals surface area contributed by atoms with E-state index in [1.165, 1.54) is 0 Å². The van der Waals surface area contributed by atoms with Gasteiger partial charge in [0, 0.05) is 38.4 Å². The maximum absolute atomic E-state index is 11.5. The quantitative estimate of drug-likeness (QED) is 0.830.